The van der Waals surface area contributed by atoms with Crippen molar-refractivity contribution in [1.29, 1.82) is 0 Å². The van der Waals surface area contributed by atoms with E-state index < -0.39 is 0 Å². The molecule has 0 saturated carbocycles. The van der Waals surface area contributed by atoms with Gasteiger partial charge in [0.25, 0.3) is 0 Å². The largest absolute Gasteiger partial charge is 0.380 e. The van der Waals surface area contributed by atoms with Crippen LogP contribution < -0.4 is 0 Å². The molecular formula is C5H10OS2. The summed E-state index contributed by atoms with van der Waals surface area (Å²) in [6.45, 7) is 0. The van der Waals surface area contributed by atoms with E-state index in [1.165, 1.54) is 16.6 Å². The quantitative estimate of drug-likeness (QED) is 0.560. The molecule has 1 nitrogen and oxygen atoms in total. The van der Waals surface area contributed by atoms with Gasteiger partial charge in [-0.25, -0.2) is 0 Å². The van der Waals surface area contributed by atoms with Gasteiger partial charge in [0.15, 0.2) is 0 Å². The van der Waals surface area contributed by atoms with E-state index in [0.717, 1.165) is 0 Å². The number of thioether (sulfide) groups is 2. The first-order valence-corrected chi connectivity index (χ1v) is 4.92. The Morgan fingerprint density at radius 3 is 2.38 bits per heavy atom. The Kier molecular flexibility index (Phi) is 3.08. The van der Waals surface area contributed by atoms with Crippen LogP contribution in [0.4, 0.5) is 0 Å². The molecule has 0 aromatic carbocycles. The average molecular weight is 150 g/mol. The van der Waals surface area contributed by atoms with Crippen LogP contribution >= 0.6 is 23.5 Å². The van der Waals surface area contributed by atoms with Gasteiger partial charge in [-0.1, -0.05) is 0 Å². The van der Waals surface area contributed by atoms with Crippen molar-refractivity contribution in [3.05, 3.63) is 0 Å². The molecule has 1 aliphatic rings. The van der Waals surface area contributed by atoms with Crippen LogP contribution in [0, 0.1) is 0 Å². The lowest BCUT2D eigenvalue weighted by Gasteiger charge is -2.18. The topological polar surface area (TPSA) is 9.23 Å². The molecule has 0 bridgehead atoms. The summed E-state index contributed by atoms with van der Waals surface area (Å²) in [7, 11) is 1.79. The highest BCUT2D eigenvalue weighted by molar-refractivity contribution is 8.16. The molecule has 0 aromatic rings. The standard InChI is InChI=1S/C5H10OS2/c1-6-5-2-7-4-8-3-5/h5H,2-4H2,1H3. The fraction of sp³-hybridized carbons (Fsp3) is 1.00. The zero-order valence-electron chi connectivity index (χ0n) is 4.92. The fourth-order valence-corrected chi connectivity index (χ4v) is 3.03. The molecule has 0 amide bonds. The lowest BCUT2D eigenvalue weighted by Crippen LogP contribution is -2.20. The zero-order chi connectivity index (χ0) is 5.82. The molecule has 1 fully saturated rings. The maximum absolute atomic E-state index is 5.15. The monoisotopic (exact) mass is 150 g/mol. The Morgan fingerprint density at radius 1 is 1.38 bits per heavy atom. The van der Waals surface area contributed by atoms with E-state index >= 15 is 0 Å². The molecule has 48 valence electrons. The Bertz CT molecular complexity index is 61.4. The van der Waals surface area contributed by atoms with Crippen molar-refractivity contribution >= 4 is 23.5 Å². The maximum atomic E-state index is 5.15. The third-order valence-corrected chi connectivity index (χ3v) is 3.66. The predicted octanol–water partition coefficient (Wildman–Crippen LogP) is 1.44. The summed E-state index contributed by atoms with van der Waals surface area (Å²) in [5.74, 6) is 2.37. The third kappa shape index (κ3) is 1.88. The first-order chi connectivity index (χ1) is 3.93. The highest BCUT2D eigenvalue weighted by Crippen LogP contribution is 2.22. The minimum atomic E-state index is 0.513. The fourth-order valence-electron chi connectivity index (χ4n) is 0.602. The summed E-state index contributed by atoms with van der Waals surface area (Å²) in [5.41, 5.74) is 0. The van der Waals surface area contributed by atoms with Crippen LogP contribution in [0.3, 0.4) is 0 Å². The van der Waals surface area contributed by atoms with Gasteiger partial charge >= 0.3 is 0 Å². The second-order valence-electron chi connectivity index (χ2n) is 1.72. The van der Waals surface area contributed by atoms with E-state index in [1.807, 2.05) is 23.5 Å². The van der Waals surface area contributed by atoms with Crippen molar-refractivity contribution in [2.45, 2.75) is 6.10 Å². The number of hydrogen-bond donors (Lipinski definition) is 0. The van der Waals surface area contributed by atoms with E-state index in [0.29, 0.717) is 6.10 Å². The molecule has 3 heteroatoms. The number of hydrogen-bond acceptors (Lipinski definition) is 3. The molecule has 1 aliphatic heterocycles. The maximum Gasteiger partial charge on any atom is 0.0752 e. The molecule has 0 atom stereocenters. The molecule has 0 N–H and O–H groups in total. The smallest absolute Gasteiger partial charge is 0.0752 e. The van der Waals surface area contributed by atoms with E-state index in [1.54, 1.807) is 7.11 Å². The molecule has 0 aromatic heterocycles. The van der Waals surface area contributed by atoms with Crippen LogP contribution in [-0.4, -0.2) is 29.8 Å². The summed E-state index contributed by atoms with van der Waals surface area (Å²) in [4.78, 5) is 0. The van der Waals surface area contributed by atoms with Gasteiger partial charge in [0.2, 0.25) is 0 Å². The predicted molar refractivity (Wildman–Crippen MR) is 40.6 cm³/mol. The van der Waals surface area contributed by atoms with Crippen LogP contribution in [0.5, 0.6) is 0 Å². The Labute approximate surface area is 58.6 Å². The molecular weight excluding hydrogens is 140 g/mol. The normalized spacial score (nSPS) is 23.6. The van der Waals surface area contributed by atoms with Crippen LogP contribution in [0.1, 0.15) is 0 Å². The average Bonchev–Trinajstić information content (AvgIpc) is 1.90. The summed E-state index contributed by atoms with van der Waals surface area (Å²) in [6, 6.07) is 0. The van der Waals surface area contributed by atoms with Crippen molar-refractivity contribution in [1.82, 2.24) is 0 Å². The molecule has 0 radical (unpaired) electrons. The number of ether oxygens (including phenoxy) is 1. The second kappa shape index (κ2) is 3.64. The Morgan fingerprint density at radius 2 is 2.00 bits per heavy atom. The molecule has 8 heavy (non-hydrogen) atoms. The summed E-state index contributed by atoms with van der Waals surface area (Å²) >= 11 is 3.93. The number of rotatable bonds is 1. The zero-order valence-corrected chi connectivity index (χ0v) is 6.56. The van der Waals surface area contributed by atoms with Gasteiger partial charge in [-0.2, -0.15) is 0 Å². The lowest BCUT2D eigenvalue weighted by atomic mass is 10.5. The van der Waals surface area contributed by atoms with Crippen LogP contribution in [-0.2, 0) is 4.74 Å². The van der Waals surface area contributed by atoms with Crippen molar-refractivity contribution in [2.75, 3.05) is 23.7 Å². The molecule has 0 aliphatic carbocycles. The highest BCUT2D eigenvalue weighted by Gasteiger charge is 2.11. The first-order valence-electron chi connectivity index (χ1n) is 2.62. The molecule has 1 rings (SSSR count). The van der Waals surface area contributed by atoms with Crippen LogP contribution in [0.2, 0.25) is 0 Å². The van der Waals surface area contributed by atoms with E-state index in [-0.39, 0.29) is 0 Å². The molecule has 1 saturated heterocycles. The van der Waals surface area contributed by atoms with Crippen molar-refractivity contribution < 1.29 is 4.74 Å². The highest BCUT2D eigenvalue weighted by atomic mass is 32.2. The van der Waals surface area contributed by atoms with Gasteiger partial charge in [0.1, 0.15) is 0 Å². The second-order valence-corrected chi connectivity index (χ2v) is 4.14. The lowest BCUT2D eigenvalue weighted by molar-refractivity contribution is 0.141. The van der Waals surface area contributed by atoms with E-state index in [2.05, 4.69) is 0 Å². The van der Waals surface area contributed by atoms with Gasteiger partial charge < -0.3 is 4.74 Å². The Balaban J connectivity index is 2.13. The van der Waals surface area contributed by atoms with Crippen LogP contribution in [0.15, 0.2) is 0 Å². The van der Waals surface area contributed by atoms with Crippen LogP contribution in [0.25, 0.3) is 0 Å². The minimum Gasteiger partial charge on any atom is -0.380 e. The van der Waals surface area contributed by atoms with Gasteiger partial charge in [0, 0.05) is 23.7 Å². The van der Waals surface area contributed by atoms with Gasteiger partial charge in [0.05, 0.1) is 6.10 Å². The van der Waals surface area contributed by atoms with Gasteiger partial charge in [-0.15, -0.1) is 23.5 Å². The van der Waals surface area contributed by atoms with Gasteiger partial charge in [-0.3, -0.25) is 0 Å². The molecule has 1 heterocycles. The SMILES string of the molecule is COC1CSCSC1. The third-order valence-electron chi connectivity index (χ3n) is 1.11. The van der Waals surface area contributed by atoms with E-state index in [4.69, 9.17) is 4.74 Å². The Hall–Kier alpha value is 0.660. The van der Waals surface area contributed by atoms with Gasteiger partial charge in [-0.05, 0) is 0 Å². The summed E-state index contributed by atoms with van der Waals surface area (Å²) in [5, 5.41) is 1.25. The van der Waals surface area contributed by atoms with E-state index in [9.17, 15) is 0 Å². The molecule has 0 unspecified atom stereocenters. The van der Waals surface area contributed by atoms with Crippen molar-refractivity contribution in [3.8, 4) is 0 Å². The number of methoxy groups -OCH3 is 1. The minimum absolute atomic E-state index is 0.513. The van der Waals surface area contributed by atoms with Crippen molar-refractivity contribution in [3.63, 3.8) is 0 Å². The summed E-state index contributed by atoms with van der Waals surface area (Å²) < 4.78 is 5.15. The molecule has 0 spiro atoms. The van der Waals surface area contributed by atoms with Crippen molar-refractivity contribution in [2.24, 2.45) is 0 Å². The first kappa shape index (κ1) is 6.78. The summed E-state index contributed by atoms with van der Waals surface area (Å²) in [6.07, 6.45) is 0.513.